The van der Waals surface area contributed by atoms with Crippen LogP contribution in [0, 0.1) is 0 Å². The maximum atomic E-state index is 12.8. The molecule has 0 aliphatic heterocycles. The highest BCUT2D eigenvalue weighted by atomic mass is 35.5. The Kier molecular flexibility index (Phi) is 9.05. The number of carbonyl (C=O) groups is 1. The fourth-order valence-corrected chi connectivity index (χ4v) is 2.50. The lowest BCUT2D eigenvalue weighted by atomic mass is 10.2. The van der Waals surface area contributed by atoms with Crippen molar-refractivity contribution in [3.63, 3.8) is 0 Å². The van der Waals surface area contributed by atoms with E-state index in [4.69, 9.17) is 0 Å². The third-order valence-corrected chi connectivity index (χ3v) is 3.97. The van der Waals surface area contributed by atoms with E-state index in [1.54, 1.807) is 6.20 Å². The number of benzene rings is 1. The van der Waals surface area contributed by atoms with Crippen molar-refractivity contribution < 1.29 is 4.79 Å². The molecule has 1 aromatic heterocycles. The van der Waals surface area contributed by atoms with Crippen LogP contribution < -0.4 is 0 Å². The second kappa shape index (κ2) is 10.8. The first-order valence-corrected chi connectivity index (χ1v) is 8.21. The molecule has 130 valence electrons. The molecular formula is C19H26ClN3O. The van der Waals surface area contributed by atoms with E-state index >= 15 is 0 Å². The van der Waals surface area contributed by atoms with Crippen LogP contribution in [-0.4, -0.2) is 46.9 Å². The molecule has 0 fully saturated rings. The van der Waals surface area contributed by atoms with Gasteiger partial charge in [0.25, 0.3) is 5.91 Å². The van der Waals surface area contributed by atoms with E-state index in [2.05, 4.69) is 23.7 Å². The molecule has 0 bridgehead atoms. The van der Waals surface area contributed by atoms with Crippen LogP contribution in [0.3, 0.4) is 0 Å². The standard InChI is InChI=1S/C19H25N3O.ClH/c1-3-21(4-2)14-15-22(16-18-12-8-9-13-20-18)19(23)17-10-6-5-7-11-17;/h5-13H,3-4,14-16H2,1-2H3;1H. The van der Waals surface area contributed by atoms with Gasteiger partial charge in [0.1, 0.15) is 0 Å². The van der Waals surface area contributed by atoms with Crippen LogP contribution in [-0.2, 0) is 6.54 Å². The largest absolute Gasteiger partial charge is 0.331 e. The Balaban J connectivity index is 0.00000288. The highest BCUT2D eigenvalue weighted by molar-refractivity contribution is 5.94. The molecule has 0 saturated heterocycles. The molecule has 0 aliphatic rings. The van der Waals surface area contributed by atoms with Crippen molar-refractivity contribution in [1.82, 2.24) is 14.8 Å². The molecule has 5 heteroatoms. The van der Waals surface area contributed by atoms with Crippen molar-refractivity contribution in [2.24, 2.45) is 0 Å². The summed E-state index contributed by atoms with van der Waals surface area (Å²) in [4.78, 5) is 21.4. The molecule has 0 atom stereocenters. The Morgan fingerprint density at radius 3 is 2.21 bits per heavy atom. The molecule has 1 heterocycles. The highest BCUT2D eigenvalue weighted by Crippen LogP contribution is 2.09. The monoisotopic (exact) mass is 347 g/mol. The number of carbonyl (C=O) groups excluding carboxylic acids is 1. The van der Waals surface area contributed by atoms with Crippen LogP contribution >= 0.6 is 12.4 Å². The highest BCUT2D eigenvalue weighted by Gasteiger charge is 2.17. The number of pyridine rings is 1. The summed E-state index contributed by atoms with van der Waals surface area (Å²) in [5.74, 6) is 0.0587. The first kappa shape index (κ1) is 20.1. The Bertz CT molecular complexity index is 588. The van der Waals surface area contributed by atoms with Gasteiger partial charge in [-0.1, -0.05) is 38.1 Å². The summed E-state index contributed by atoms with van der Waals surface area (Å²) in [5, 5.41) is 0. The molecule has 1 amide bonds. The van der Waals surface area contributed by atoms with E-state index in [9.17, 15) is 4.79 Å². The van der Waals surface area contributed by atoms with E-state index in [0.29, 0.717) is 13.1 Å². The molecule has 4 nitrogen and oxygen atoms in total. The third kappa shape index (κ3) is 5.95. The zero-order valence-corrected chi connectivity index (χ0v) is 15.2. The molecule has 1 aromatic carbocycles. The van der Waals surface area contributed by atoms with Crippen molar-refractivity contribution in [2.75, 3.05) is 26.2 Å². The number of halogens is 1. The second-order valence-electron chi connectivity index (χ2n) is 5.44. The van der Waals surface area contributed by atoms with Crippen molar-refractivity contribution in [1.29, 1.82) is 0 Å². The second-order valence-corrected chi connectivity index (χ2v) is 5.44. The summed E-state index contributed by atoms with van der Waals surface area (Å²) in [7, 11) is 0. The number of hydrogen-bond acceptors (Lipinski definition) is 3. The van der Waals surface area contributed by atoms with E-state index in [0.717, 1.165) is 30.9 Å². The van der Waals surface area contributed by atoms with Gasteiger partial charge in [0.15, 0.2) is 0 Å². The normalized spacial score (nSPS) is 10.3. The number of hydrogen-bond donors (Lipinski definition) is 0. The summed E-state index contributed by atoms with van der Waals surface area (Å²) in [6.45, 7) is 8.39. The maximum Gasteiger partial charge on any atom is 0.254 e. The van der Waals surface area contributed by atoms with Crippen molar-refractivity contribution >= 4 is 18.3 Å². The fourth-order valence-electron chi connectivity index (χ4n) is 2.50. The minimum atomic E-state index is 0. The first-order chi connectivity index (χ1) is 11.2. The SMILES string of the molecule is CCN(CC)CCN(Cc1ccccn1)C(=O)c1ccccc1.Cl. The molecule has 0 spiro atoms. The Morgan fingerprint density at radius 2 is 1.62 bits per heavy atom. The Morgan fingerprint density at radius 1 is 0.958 bits per heavy atom. The van der Waals surface area contributed by atoms with Crippen LogP contribution in [0.5, 0.6) is 0 Å². The van der Waals surface area contributed by atoms with Gasteiger partial charge in [-0.25, -0.2) is 0 Å². The molecular weight excluding hydrogens is 322 g/mol. The summed E-state index contributed by atoms with van der Waals surface area (Å²) in [5.41, 5.74) is 1.64. The summed E-state index contributed by atoms with van der Waals surface area (Å²) in [6, 6.07) is 15.3. The van der Waals surface area contributed by atoms with Gasteiger partial charge in [-0.05, 0) is 37.4 Å². The number of amides is 1. The minimum absolute atomic E-state index is 0. The Labute approximate surface area is 150 Å². The zero-order valence-electron chi connectivity index (χ0n) is 14.4. The van der Waals surface area contributed by atoms with Crippen molar-refractivity contribution in [3.8, 4) is 0 Å². The van der Waals surface area contributed by atoms with Crippen LogP contribution in [0.4, 0.5) is 0 Å². The molecule has 0 saturated carbocycles. The van der Waals surface area contributed by atoms with Gasteiger partial charge in [-0.2, -0.15) is 0 Å². The van der Waals surface area contributed by atoms with Gasteiger partial charge in [0.2, 0.25) is 0 Å². The predicted molar refractivity (Wildman–Crippen MR) is 100 cm³/mol. The van der Waals surface area contributed by atoms with Crippen LogP contribution in [0.1, 0.15) is 29.9 Å². The lowest BCUT2D eigenvalue weighted by Crippen LogP contribution is -2.38. The van der Waals surface area contributed by atoms with Gasteiger partial charge in [-0.3, -0.25) is 9.78 Å². The number of rotatable bonds is 8. The minimum Gasteiger partial charge on any atom is -0.331 e. The maximum absolute atomic E-state index is 12.8. The smallest absolute Gasteiger partial charge is 0.254 e. The summed E-state index contributed by atoms with van der Waals surface area (Å²) in [6.07, 6.45) is 1.77. The Hall–Kier alpha value is -1.91. The zero-order chi connectivity index (χ0) is 16.5. The summed E-state index contributed by atoms with van der Waals surface area (Å²) >= 11 is 0. The predicted octanol–water partition coefficient (Wildman–Crippen LogP) is 3.49. The first-order valence-electron chi connectivity index (χ1n) is 8.21. The average Bonchev–Trinajstić information content (AvgIpc) is 2.62. The molecule has 2 aromatic rings. The number of nitrogens with zero attached hydrogens (tertiary/aromatic N) is 3. The van der Waals surface area contributed by atoms with E-state index in [-0.39, 0.29) is 18.3 Å². The summed E-state index contributed by atoms with van der Waals surface area (Å²) < 4.78 is 0. The van der Waals surface area contributed by atoms with Gasteiger partial charge < -0.3 is 9.80 Å². The molecule has 0 aliphatic carbocycles. The van der Waals surface area contributed by atoms with E-state index in [1.165, 1.54) is 0 Å². The molecule has 2 rings (SSSR count). The van der Waals surface area contributed by atoms with Gasteiger partial charge in [-0.15, -0.1) is 12.4 Å². The van der Waals surface area contributed by atoms with Gasteiger partial charge in [0, 0.05) is 24.8 Å². The third-order valence-electron chi connectivity index (χ3n) is 3.97. The average molecular weight is 348 g/mol. The van der Waals surface area contributed by atoms with E-state index in [1.807, 2.05) is 53.4 Å². The lowest BCUT2D eigenvalue weighted by molar-refractivity contribution is 0.0721. The van der Waals surface area contributed by atoms with E-state index < -0.39 is 0 Å². The van der Waals surface area contributed by atoms with Crippen molar-refractivity contribution in [3.05, 3.63) is 66.0 Å². The number of aromatic nitrogens is 1. The topological polar surface area (TPSA) is 36.4 Å². The molecule has 0 N–H and O–H groups in total. The van der Waals surface area contributed by atoms with Gasteiger partial charge >= 0.3 is 0 Å². The van der Waals surface area contributed by atoms with Crippen LogP contribution in [0.2, 0.25) is 0 Å². The van der Waals surface area contributed by atoms with Crippen LogP contribution in [0.25, 0.3) is 0 Å². The van der Waals surface area contributed by atoms with Crippen LogP contribution in [0.15, 0.2) is 54.7 Å². The molecule has 0 unspecified atom stereocenters. The lowest BCUT2D eigenvalue weighted by Gasteiger charge is -2.26. The number of likely N-dealkylation sites (N-methyl/N-ethyl adjacent to an activating group) is 1. The quantitative estimate of drug-likeness (QED) is 0.733. The fraction of sp³-hybridized carbons (Fsp3) is 0.368. The van der Waals surface area contributed by atoms with Gasteiger partial charge in [0.05, 0.1) is 12.2 Å². The van der Waals surface area contributed by atoms with Crippen molar-refractivity contribution in [2.45, 2.75) is 20.4 Å². The molecule has 0 radical (unpaired) electrons. The molecule has 24 heavy (non-hydrogen) atoms.